The fourth-order valence-corrected chi connectivity index (χ4v) is 2.23. The van der Waals surface area contributed by atoms with Gasteiger partial charge in [-0.25, -0.2) is 4.79 Å². The summed E-state index contributed by atoms with van der Waals surface area (Å²) in [5.41, 5.74) is 0.800. The molecule has 0 radical (unpaired) electrons. The zero-order valence-corrected chi connectivity index (χ0v) is 11.6. The summed E-state index contributed by atoms with van der Waals surface area (Å²) < 4.78 is 5.24. The maximum Gasteiger partial charge on any atom is 0.326 e. The van der Waals surface area contributed by atoms with Gasteiger partial charge in [-0.05, 0) is 30.5 Å². The number of hydrogen-bond acceptors (Lipinski definition) is 3. The SMILES string of the molecule is O=C(O)[C@H](Cc1ccc(Cl)cc1)NC(=O)[C@@H]1CCCO1. The zero-order chi connectivity index (χ0) is 14.5. The summed E-state index contributed by atoms with van der Waals surface area (Å²) in [6.45, 7) is 0.549. The van der Waals surface area contributed by atoms with Crippen LogP contribution in [0.1, 0.15) is 18.4 Å². The van der Waals surface area contributed by atoms with Gasteiger partial charge in [0.2, 0.25) is 5.91 Å². The molecule has 2 atom stereocenters. The van der Waals surface area contributed by atoms with Crippen molar-refractivity contribution in [2.24, 2.45) is 0 Å². The van der Waals surface area contributed by atoms with E-state index in [-0.39, 0.29) is 12.3 Å². The number of carbonyl (C=O) groups is 2. The molecule has 108 valence electrons. The number of halogens is 1. The van der Waals surface area contributed by atoms with Crippen molar-refractivity contribution in [3.05, 3.63) is 34.9 Å². The molecule has 1 aromatic rings. The van der Waals surface area contributed by atoms with Crippen LogP contribution in [0.2, 0.25) is 5.02 Å². The molecule has 6 heteroatoms. The molecule has 2 N–H and O–H groups in total. The van der Waals surface area contributed by atoms with Gasteiger partial charge in [-0.1, -0.05) is 23.7 Å². The molecule has 1 heterocycles. The first-order valence-electron chi connectivity index (χ1n) is 6.45. The number of carboxylic acid groups (broad SMARTS) is 1. The van der Waals surface area contributed by atoms with Gasteiger partial charge < -0.3 is 15.2 Å². The second-order valence-corrected chi connectivity index (χ2v) is 5.17. The molecule has 1 fully saturated rings. The number of amides is 1. The highest BCUT2D eigenvalue weighted by Gasteiger charge is 2.28. The Balaban J connectivity index is 1.98. The van der Waals surface area contributed by atoms with Gasteiger partial charge in [0.1, 0.15) is 12.1 Å². The highest BCUT2D eigenvalue weighted by molar-refractivity contribution is 6.30. The number of hydrogen-bond donors (Lipinski definition) is 2. The van der Waals surface area contributed by atoms with Crippen molar-refractivity contribution >= 4 is 23.5 Å². The normalized spacial score (nSPS) is 19.6. The summed E-state index contributed by atoms with van der Waals surface area (Å²) in [4.78, 5) is 23.1. The maximum absolute atomic E-state index is 11.9. The molecule has 0 saturated carbocycles. The van der Waals surface area contributed by atoms with E-state index in [0.29, 0.717) is 18.1 Å². The van der Waals surface area contributed by atoms with Crippen LogP contribution in [-0.2, 0) is 20.7 Å². The molecule has 0 aliphatic carbocycles. The Bertz CT molecular complexity index is 482. The predicted octanol–water partition coefficient (Wildman–Crippen LogP) is 1.63. The second-order valence-electron chi connectivity index (χ2n) is 4.73. The molecule has 0 spiro atoms. The molecule has 0 aromatic heterocycles. The third kappa shape index (κ3) is 3.95. The fraction of sp³-hybridized carbons (Fsp3) is 0.429. The Morgan fingerprint density at radius 3 is 2.65 bits per heavy atom. The summed E-state index contributed by atoms with van der Waals surface area (Å²) in [6, 6.07) is 5.91. The van der Waals surface area contributed by atoms with Crippen LogP contribution in [0, 0.1) is 0 Å². The molecule has 20 heavy (non-hydrogen) atoms. The summed E-state index contributed by atoms with van der Waals surface area (Å²) in [6.07, 6.45) is 1.15. The van der Waals surface area contributed by atoms with E-state index in [0.717, 1.165) is 12.0 Å². The second kappa shape index (κ2) is 6.72. The lowest BCUT2D eigenvalue weighted by Gasteiger charge is -2.17. The lowest BCUT2D eigenvalue weighted by atomic mass is 10.1. The first kappa shape index (κ1) is 14.8. The van der Waals surface area contributed by atoms with Crippen LogP contribution in [0.15, 0.2) is 24.3 Å². The highest BCUT2D eigenvalue weighted by Crippen LogP contribution is 2.14. The van der Waals surface area contributed by atoms with Crippen LogP contribution in [-0.4, -0.2) is 35.7 Å². The van der Waals surface area contributed by atoms with Crippen LogP contribution in [0.3, 0.4) is 0 Å². The summed E-state index contributed by atoms with van der Waals surface area (Å²) in [5, 5.41) is 12.3. The molecule has 0 unspecified atom stereocenters. The Hall–Kier alpha value is -1.59. The van der Waals surface area contributed by atoms with E-state index in [9.17, 15) is 14.7 Å². The van der Waals surface area contributed by atoms with Crippen LogP contribution >= 0.6 is 11.6 Å². The third-order valence-corrected chi connectivity index (χ3v) is 3.44. The Kier molecular flexibility index (Phi) is 4.98. The molecule has 1 amide bonds. The predicted molar refractivity (Wildman–Crippen MR) is 73.7 cm³/mol. The van der Waals surface area contributed by atoms with E-state index in [4.69, 9.17) is 16.3 Å². The summed E-state index contributed by atoms with van der Waals surface area (Å²) in [5.74, 6) is -1.42. The highest BCUT2D eigenvalue weighted by atomic mass is 35.5. The van der Waals surface area contributed by atoms with Crippen LogP contribution in [0.5, 0.6) is 0 Å². The first-order chi connectivity index (χ1) is 9.56. The van der Waals surface area contributed by atoms with Crippen molar-refractivity contribution in [3.63, 3.8) is 0 Å². The van der Waals surface area contributed by atoms with E-state index in [1.807, 2.05) is 0 Å². The molecular weight excluding hydrogens is 282 g/mol. The molecule has 2 rings (SSSR count). The van der Waals surface area contributed by atoms with Crippen molar-refractivity contribution in [3.8, 4) is 0 Å². The van der Waals surface area contributed by atoms with Crippen molar-refractivity contribution in [1.29, 1.82) is 0 Å². The van der Waals surface area contributed by atoms with Crippen molar-refractivity contribution in [2.75, 3.05) is 6.61 Å². The Morgan fingerprint density at radius 1 is 1.40 bits per heavy atom. The molecule has 5 nitrogen and oxygen atoms in total. The average Bonchev–Trinajstić information content (AvgIpc) is 2.94. The molecular formula is C14H16ClNO4. The van der Waals surface area contributed by atoms with Crippen LogP contribution < -0.4 is 5.32 Å². The number of ether oxygens (including phenoxy) is 1. The average molecular weight is 298 g/mol. The minimum absolute atomic E-state index is 0.213. The number of carboxylic acids is 1. The smallest absolute Gasteiger partial charge is 0.326 e. The van der Waals surface area contributed by atoms with Gasteiger partial charge in [0.25, 0.3) is 0 Å². The van der Waals surface area contributed by atoms with E-state index in [1.54, 1.807) is 24.3 Å². The van der Waals surface area contributed by atoms with E-state index >= 15 is 0 Å². The zero-order valence-electron chi connectivity index (χ0n) is 10.8. The van der Waals surface area contributed by atoms with Gasteiger partial charge in [0.15, 0.2) is 0 Å². The van der Waals surface area contributed by atoms with Gasteiger partial charge in [-0.2, -0.15) is 0 Å². The van der Waals surface area contributed by atoms with Gasteiger partial charge >= 0.3 is 5.97 Å². The van der Waals surface area contributed by atoms with Crippen molar-refractivity contribution in [1.82, 2.24) is 5.32 Å². The van der Waals surface area contributed by atoms with E-state index < -0.39 is 18.1 Å². The number of rotatable bonds is 5. The van der Waals surface area contributed by atoms with Crippen molar-refractivity contribution in [2.45, 2.75) is 31.4 Å². The lowest BCUT2D eigenvalue weighted by molar-refractivity contribution is -0.143. The first-order valence-corrected chi connectivity index (χ1v) is 6.83. The minimum Gasteiger partial charge on any atom is -0.480 e. The number of aliphatic carboxylic acids is 1. The monoisotopic (exact) mass is 297 g/mol. The van der Waals surface area contributed by atoms with Crippen LogP contribution in [0.4, 0.5) is 0 Å². The molecule has 1 aliphatic heterocycles. The standard InChI is InChI=1S/C14H16ClNO4/c15-10-5-3-9(4-6-10)8-11(14(18)19)16-13(17)12-2-1-7-20-12/h3-6,11-12H,1-2,7-8H2,(H,16,17)(H,18,19)/t11-,12-/m0/s1. The largest absolute Gasteiger partial charge is 0.480 e. The van der Waals surface area contributed by atoms with Crippen LogP contribution in [0.25, 0.3) is 0 Å². The number of carbonyl (C=O) groups excluding carboxylic acids is 1. The number of nitrogens with one attached hydrogen (secondary N) is 1. The Labute approximate surface area is 121 Å². The minimum atomic E-state index is -1.06. The number of benzene rings is 1. The van der Waals surface area contributed by atoms with Gasteiger partial charge in [0, 0.05) is 18.1 Å². The van der Waals surface area contributed by atoms with E-state index in [1.165, 1.54) is 0 Å². The summed E-state index contributed by atoms with van der Waals surface area (Å²) >= 11 is 5.78. The topological polar surface area (TPSA) is 75.6 Å². The molecule has 1 saturated heterocycles. The quantitative estimate of drug-likeness (QED) is 0.866. The van der Waals surface area contributed by atoms with Crippen molar-refractivity contribution < 1.29 is 19.4 Å². The van der Waals surface area contributed by atoms with Gasteiger partial charge in [0.05, 0.1) is 0 Å². The Morgan fingerprint density at radius 2 is 2.10 bits per heavy atom. The van der Waals surface area contributed by atoms with E-state index in [2.05, 4.69) is 5.32 Å². The molecule has 1 aromatic carbocycles. The fourth-order valence-electron chi connectivity index (χ4n) is 2.11. The third-order valence-electron chi connectivity index (χ3n) is 3.19. The van der Waals surface area contributed by atoms with Gasteiger partial charge in [-0.3, -0.25) is 4.79 Å². The maximum atomic E-state index is 11.9. The molecule has 1 aliphatic rings. The van der Waals surface area contributed by atoms with Gasteiger partial charge in [-0.15, -0.1) is 0 Å². The summed E-state index contributed by atoms with van der Waals surface area (Å²) in [7, 11) is 0. The molecule has 0 bridgehead atoms. The lowest BCUT2D eigenvalue weighted by Crippen LogP contribution is -2.46.